The van der Waals surface area contributed by atoms with E-state index in [0.717, 1.165) is 54.9 Å². The molecule has 0 saturated carbocycles. The fourth-order valence-corrected chi connectivity index (χ4v) is 4.08. The number of fused-ring (bicyclic) bond motifs is 1. The first-order valence-electron chi connectivity index (χ1n) is 11.5. The van der Waals surface area contributed by atoms with Crippen LogP contribution in [-0.4, -0.2) is 65.8 Å². The second kappa shape index (κ2) is 11.0. The largest absolute Gasteiger partial charge is 0.496 e. The lowest BCUT2D eigenvalue weighted by Gasteiger charge is -2.33. The zero-order valence-corrected chi connectivity index (χ0v) is 20.1. The molecule has 1 aromatic rings. The zero-order valence-electron chi connectivity index (χ0n) is 20.1. The van der Waals surface area contributed by atoms with Gasteiger partial charge in [0.25, 0.3) is 0 Å². The molecular weight excluding hydrogens is 420 g/mol. The van der Waals surface area contributed by atoms with E-state index in [1.54, 1.807) is 7.11 Å². The first-order valence-corrected chi connectivity index (χ1v) is 11.5. The second-order valence-electron chi connectivity index (χ2n) is 8.80. The molecule has 7 N–H and O–H groups in total. The van der Waals surface area contributed by atoms with Crippen molar-refractivity contribution in [2.75, 3.05) is 27.3 Å². The minimum absolute atomic E-state index is 0.201. The van der Waals surface area contributed by atoms with Gasteiger partial charge in [-0.25, -0.2) is 10.4 Å². The Morgan fingerprint density at radius 3 is 2.88 bits per heavy atom. The van der Waals surface area contributed by atoms with Gasteiger partial charge in [-0.15, -0.1) is 0 Å². The van der Waals surface area contributed by atoms with Gasteiger partial charge >= 0.3 is 0 Å². The lowest BCUT2D eigenvalue weighted by Crippen LogP contribution is -2.58. The molecule has 2 aliphatic heterocycles. The Labute approximate surface area is 196 Å². The van der Waals surface area contributed by atoms with Crippen LogP contribution in [0, 0.1) is 0 Å². The maximum atomic E-state index is 9.03. The minimum Gasteiger partial charge on any atom is -0.496 e. The molecule has 3 rings (SSSR count). The van der Waals surface area contributed by atoms with Crippen LogP contribution in [0.1, 0.15) is 44.2 Å². The van der Waals surface area contributed by atoms with Crippen molar-refractivity contribution in [3.05, 3.63) is 41.2 Å². The van der Waals surface area contributed by atoms with Gasteiger partial charge in [-0.2, -0.15) is 4.99 Å². The standard InChI is InChI=1S/C23H38N8O2/c1-5-7-20(24)27-21-23(2)19(26-22(25)28-21)15-31(29-23)14-17-9-8-16(12-18(17)33-4)13-30(3)10-6-11-32/h8-9,12,15,20,29,32H,5-7,10-11,13-14,24H2,1-4H3,(H3,25,26,27,28). The molecule has 2 heterocycles. The Hall–Kier alpha value is -2.66. The molecule has 0 aromatic heterocycles. The van der Waals surface area contributed by atoms with Crippen molar-refractivity contribution >= 4 is 11.8 Å². The Kier molecular flexibility index (Phi) is 8.30. The number of amidine groups is 1. The van der Waals surface area contributed by atoms with Crippen LogP contribution in [0.2, 0.25) is 0 Å². The quantitative estimate of drug-likeness (QED) is 0.329. The molecule has 10 nitrogen and oxygen atoms in total. The van der Waals surface area contributed by atoms with Gasteiger partial charge in [0.05, 0.1) is 25.5 Å². The molecule has 33 heavy (non-hydrogen) atoms. The van der Waals surface area contributed by atoms with Gasteiger partial charge in [-0.1, -0.05) is 25.5 Å². The van der Waals surface area contributed by atoms with Crippen molar-refractivity contribution in [2.45, 2.75) is 57.9 Å². The highest BCUT2D eigenvalue weighted by Gasteiger charge is 2.44. The Morgan fingerprint density at radius 2 is 2.18 bits per heavy atom. The molecule has 0 saturated heterocycles. The topological polar surface area (TPSA) is 137 Å². The van der Waals surface area contributed by atoms with E-state index in [-0.39, 0.29) is 12.8 Å². The molecule has 2 aliphatic rings. The normalized spacial score (nSPS) is 22.2. The number of hydrazine groups is 1. The number of hydrogen-bond donors (Lipinski definition) is 5. The number of methoxy groups -OCH3 is 1. The monoisotopic (exact) mass is 458 g/mol. The van der Waals surface area contributed by atoms with Crippen molar-refractivity contribution in [3.63, 3.8) is 0 Å². The summed E-state index contributed by atoms with van der Waals surface area (Å²) < 4.78 is 5.69. The predicted molar refractivity (Wildman–Crippen MR) is 131 cm³/mol. The third-order valence-electron chi connectivity index (χ3n) is 5.84. The number of aliphatic imine (C=N–C) groups is 2. The average molecular weight is 459 g/mol. The first-order chi connectivity index (χ1) is 15.8. The molecule has 182 valence electrons. The second-order valence-corrected chi connectivity index (χ2v) is 8.80. The average Bonchev–Trinajstić information content (AvgIpc) is 3.09. The predicted octanol–water partition coefficient (Wildman–Crippen LogP) is 0.831. The number of benzene rings is 1. The van der Waals surface area contributed by atoms with Crippen molar-refractivity contribution in [1.29, 1.82) is 0 Å². The van der Waals surface area contributed by atoms with E-state index in [0.29, 0.717) is 18.3 Å². The highest BCUT2D eigenvalue weighted by molar-refractivity contribution is 6.06. The van der Waals surface area contributed by atoms with Gasteiger partial charge in [0.2, 0.25) is 0 Å². The van der Waals surface area contributed by atoms with Gasteiger partial charge in [0.1, 0.15) is 11.3 Å². The number of nitrogens with one attached hydrogen (secondary N) is 2. The van der Waals surface area contributed by atoms with Gasteiger partial charge in [-0.05, 0) is 38.4 Å². The number of ether oxygens (including phenoxy) is 1. The van der Waals surface area contributed by atoms with E-state index in [2.05, 4.69) is 50.8 Å². The number of aliphatic hydroxyl groups is 1. The van der Waals surface area contributed by atoms with Crippen LogP contribution in [0.3, 0.4) is 0 Å². The Morgan fingerprint density at radius 1 is 1.39 bits per heavy atom. The number of rotatable bonds is 11. The van der Waals surface area contributed by atoms with Crippen molar-refractivity contribution in [3.8, 4) is 5.75 Å². The molecule has 0 spiro atoms. The summed E-state index contributed by atoms with van der Waals surface area (Å²) in [5.74, 6) is 1.70. The van der Waals surface area contributed by atoms with E-state index in [4.69, 9.17) is 21.3 Å². The Bertz CT molecular complexity index is 916. The van der Waals surface area contributed by atoms with Crippen LogP contribution in [0.4, 0.5) is 0 Å². The molecule has 0 aliphatic carbocycles. The van der Waals surface area contributed by atoms with Gasteiger partial charge < -0.3 is 36.5 Å². The van der Waals surface area contributed by atoms with E-state index in [9.17, 15) is 0 Å². The van der Waals surface area contributed by atoms with Gasteiger partial charge in [0, 0.05) is 31.5 Å². The lowest BCUT2D eigenvalue weighted by molar-refractivity contribution is 0.242. The highest BCUT2D eigenvalue weighted by Crippen LogP contribution is 2.30. The number of guanidine groups is 1. The van der Waals surface area contributed by atoms with Crippen LogP contribution in [0.5, 0.6) is 5.75 Å². The number of aliphatic hydroxyl groups excluding tert-OH is 1. The van der Waals surface area contributed by atoms with E-state index in [1.807, 2.05) is 25.2 Å². The lowest BCUT2D eigenvalue weighted by atomic mass is 9.97. The molecule has 1 aromatic carbocycles. The summed E-state index contributed by atoms with van der Waals surface area (Å²) in [7, 11) is 3.73. The number of hydrogen-bond acceptors (Lipinski definition) is 9. The molecule has 0 radical (unpaired) electrons. The SMILES string of the molecule is CCCC(N)/N=C1\N=C(N)NC2=CN(Cc3ccc(CN(C)CCCO)cc3OC)NC21C. The summed E-state index contributed by atoms with van der Waals surface area (Å²) in [6.07, 6.45) is 4.15. The first kappa shape index (κ1) is 25.0. The maximum Gasteiger partial charge on any atom is 0.199 e. The molecule has 0 amide bonds. The maximum absolute atomic E-state index is 9.03. The molecule has 0 bridgehead atoms. The zero-order chi connectivity index (χ0) is 24.0. The fourth-order valence-electron chi connectivity index (χ4n) is 4.08. The fraction of sp³-hybridized carbons (Fsp3) is 0.565. The summed E-state index contributed by atoms with van der Waals surface area (Å²) in [6.45, 7) is 6.51. The van der Waals surface area contributed by atoms with Gasteiger partial charge in [-0.3, -0.25) is 0 Å². The summed E-state index contributed by atoms with van der Waals surface area (Å²) in [6, 6.07) is 6.27. The molecular formula is C23H38N8O2. The van der Waals surface area contributed by atoms with Crippen LogP contribution in [0.15, 0.2) is 40.1 Å². The van der Waals surface area contributed by atoms with Crippen LogP contribution in [-0.2, 0) is 13.1 Å². The summed E-state index contributed by atoms with van der Waals surface area (Å²) in [5.41, 5.74) is 18.1. The highest BCUT2D eigenvalue weighted by atomic mass is 16.5. The van der Waals surface area contributed by atoms with Crippen molar-refractivity contribution in [2.24, 2.45) is 21.5 Å². The van der Waals surface area contributed by atoms with E-state index < -0.39 is 5.54 Å². The molecule has 0 fully saturated rings. The summed E-state index contributed by atoms with van der Waals surface area (Å²) in [4.78, 5) is 11.3. The molecule has 2 unspecified atom stereocenters. The van der Waals surface area contributed by atoms with Crippen molar-refractivity contribution in [1.82, 2.24) is 20.7 Å². The third-order valence-corrected chi connectivity index (χ3v) is 5.84. The summed E-state index contributed by atoms with van der Waals surface area (Å²) in [5, 5.41) is 14.2. The molecule has 2 atom stereocenters. The van der Waals surface area contributed by atoms with Gasteiger partial charge in [0.15, 0.2) is 11.8 Å². The minimum atomic E-state index is -0.642. The third kappa shape index (κ3) is 6.02. The molecule has 10 heteroatoms. The Balaban J connectivity index is 1.75. The van der Waals surface area contributed by atoms with Crippen LogP contribution < -0.4 is 26.9 Å². The van der Waals surface area contributed by atoms with Crippen molar-refractivity contribution < 1.29 is 9.84 Å². The van der Waals surface area contributed by atoms with E-state index >= 15 is 0 Å². The van der Waals surface area contributed by atoms with Crippen LogP contribution >= 0.6 is 0 Å². The summed E-state index contributed by atoms with van der Waals surface area (Å²) >= 11 is 0. The van der Waals surface area contributed by atoms with Crippen LogP contribution in [0.25, 0.3) is 0 Å². The number of nitrogens with two attached hydrogens (primary N) is 2. The smallest absolute Gasteiger partial charge is 0.199 e. The van der Waals surface area contributed by atoms with E-state index in [1.165, 1.54) is 0 Å². The number of nitrogens with zero attached hydrogens (tertiary/aromatic N) is 4.